The van der Waals surface area contributed by atoms with E-state index in [0.717, 1.165) is 11.5 Å². The van der Waals surface area contributed by atoms with Crippen LogP contribution in [0.2, 0.25) is 0 Å². The minimum Gasteiger partial charge on any atom is -0.493 e. The number of carbonyl (C=O) groups is 1. The predicted octanol–water partition coefficient (Wildman–Crippen LogP) is 3.68. The third-order valence-corrected chi connectivity index (χ3v) is 4.15. The lowest BCUT2D eigenvalue weighted by atomic mass is 10.1. The fourth-order valence-electron chi connectivity index (χ4n) is 2.63. The number of fused-ring (bicyclic) bond motifs is 1. The molecule has 5 nitrogen and oxygen atoms in total. The van der Waals surface area contributed by atoms with Crippen molar-refractivity contribution in [2.45, 2.75) is 32.9 Å². The van der Waals surface area contributed by atoms with Crippen LogP contribution in [-0.4, -0.2) is 31.3 Å². The standard InChI is InChI=1S/C21H25NO4/c1-14(2)12-24-17-10-8-16(9-11-17)21(23)22-15(3)20-13-25-18-6-4-5-7-19(18)26-20/h4-11,14-15,20H,12-13H2,1-3H3,(H,22,23). The molecule has 2 aromatic carbocycles. The van der Waals surface area contributed by atoms with Crippen LogP contribution in [0.5, 0.6) is 17.2 Å². The lowest BCUT2D eigenvalue weighted by molar-refractivity contribution is 0.0606. The van der Waals surface area contributed by atoms with Crippen molar-refractivity contribution in [1.29, 1.82) is 0 Å². The van der Waals surface area contributed by atoms with Crippen LogP contribution >= 0.6 is 0 Å². The normalized spacial score (nSPS) is 16.8. The van der Waals surface area contributed by atoms with Gasteiger partial charge in [0.15, 0.2) is 17.6 Å². The summed E-state index contributed by atoms with van der Waals surface area (Å²) in [5.41, 5.74) is 0.589. The first-order valence-corrected chi connectivity index (χ1v) is 8.95. The summed E-state index contributed by atoms with van der Waals surface area (Å²) >= 11 is 0. The zero-order chi connectivity index (χ0) is 18.5. The molecule has 0 radical (unpaired) electrons. The maximum Gasteiger partial charge on any atom is 0.251 e. The van der Waals surface area contributed by atoms with Crippen molar-refractivity contribution in [3.05, 3.63) is 54.1 Å². The van der Waals surface area contributed by atoms with Crippen LogP contribution in [0.4, 0.5) is 0 Å². The van der Waals surface area contributed by atoms with Crippen LogP contribution in [0.15, 0.2) is 48.5 Å². The van der Waals surface area contributed by atoms with Crippen molar-refractivity contribution in [3.8, 4) is 17.2 Å². The van der Waals surface area contributed by atoms with Crippen molar-refractivity contribution >= 4 is 5.91 Å². The largest absolute Gasteiger partial charge is 0.493 e. The van der Waals surface area contributed by atoms with Gasteiger partial charge in [0.1, 0.15) is 12.4 Å². The Balaban J connectivity index is 1.56. The molecule has 3 rings (SSSR count). The Morgan fingerprint density at radius 3 is 2.50 bits per heavy atom. The lowest BCUT2D eigenvalue weighted by Gasteiger charge is -2.30. The highest BCUT2D eigenvalue weighted by molar-refractivity contribution is 5.94. The molecular formula is C21H25NO4. The van der Waals surface area contributed by atoms with Crippen molar-refractivity contribution in [1.82, 2.24) is 5.32 Å². The second-order valence-electron chi connectivity index (χ2n) is 6.91. The van der Waals surface area contributed by atoms with Crippen LogP contribution in [0, 0.1) is 5.92 Å². The molecule has 0 bridgehead atoms. The summed E-state index contributed by atoms with van der Waals surface area (Å²) in [7, 11) is 0. The van der Waals surface area contributed by atoms with E-state index < -0.39 is 0 Å². The Kier molecular flexibility index (Phi) is 5.66. The zero-order valence-electron chi connectivity index (χ0n) is 15.4. The maximum atomic E-state index is 12.5. The van der Waals surface area contributed by atoms with E-state index in [1.165, 1.54) is 0 Å². The summed E-state index contributed by atoms with van der Waals surface area (Å²) in [4.78, 5) is 12.5. The first-order valence-electron chi connectivity index (χ1n) is 8.95. The average molecular weight is 355 g/mol. The monoisotopic (exact) mass is 355 g/mol. The van der Waals surface area contributed by atoms with Crippen molar-refractivity contribution < 1.29 is 19.0 Å². The summed E-state index contributed by atoms with van der Waals surface area (Å²) in [6, 6.07) is 14.5. The molecule has 2 aromatic rings. The molecule has 1 N–H and O–H groups in total. The van der Waals surface area contributed by atoms with Crippen molar-refractivity contribution in [2.24, 2.45) is 5.92 Å². The van der Waals surface area contributed by atoms with Gasteiger partial charge in [-0.25, -0.2) is 0 Å². The minimum atomic E-state index is -0.234. The molecule has 2 atom stereocenters. The molecule has 0 saturated heterocycles. The number of para-hydroxylation sites is 2. The number of ether oxygens (including phenoxy) is 3. The molecule has 0 aliphatic carbocycles. The Bertz CT molecular complexity index is 742. The summed E-state index contributed by atoms with van der Waals surface area (Å²) in [5, 5.41) is 2.98. The summed E-state index contributed by atoms with van der Waals surface area (Å²) in [6.07, 6.45) is -0.234. The Morgan fingerprint density at radius 2 is 1.81 bits per heavy atom. The van der Waals surface area contributed by atoms with E-state index in [1.807, 2.05) is 43.3 Å². The average Bonchev–Trinajstić information content (AvgIpc) is 2.66. The first-order chi connectivity index (χ1) is 12.5. The van der Waals surface area contributed by atoms with E-state index in [9.17, 15) is 4.79 Å². The Labute approximate surface area is 154 Å². The number of hydrogen-bond donors (Lipinski definition) is 1. The summed E-state index contributed by atoms with van der Waals surface area (Å²) in [6.45, 7) is 7.17. The number of benzene rings is 2. The quantitative estimate of drug-likeness (QED) is 0.859. The van der Waals surface area contributed by atoms with E-state index in [2.05, 4.69) is 19.2 Å². The van der Waals surface area contributed by atoms with Crippen LogP contribution in [0.1, 0.15) is 31.1 Å². The molecule has 0 saturated carbocycles. The molecule has 0 fully saturated rings. The van der Waals surface area contributed by atoms with Gasteiger partial charge in [-0.3, -0.25) is 4.79 Å². The predicted molar refractivity (Wildman–Crippen MR) is 100 cm³/mol. The van der Waals surface area contributed by atoms with Gasteiger partial charge in [-0.1, -0.05) is 26.0 Å². The van der Waals surface area contributed by atoms with Crippen molar-refractivity contribution in [3.63, 3.8) is 0 Å². The van der Waals surface area contributed by atoms with Gasteiger partial charge >= 0.3 is 0 Å². The highest BCUT2D eigenvalue weighted by Gasteiger charge is 2.27. The molecule has 1 aliphatic rings. The third-order valence-electron chi connectivity index (χ3n) is 4.15. The third kappa shape index (κ3) is 4.48. The maximum absolute atomic E-state index is 12.5. The number of amides is 1. The number of nitrogens with one attached hydrogen (secondary N) is 1. The smallest absolute Gasteiger partial charge is 0.251 e. The van der Waals surface area contributed by atoms with E-state index in [-0.39, 0.29) is 18.1 Å². The number of rotatable bonds is 6. The van der Waals surface area contributed by atoms with Gasteiger partial charge in [0.05, 0.1) is 12.6 Å². The molecule has 1 aliphatic heterocycles. The van der Waals surface area contributed by atoms with Gasteiger partial charge in [-0.15, -0.1) is 0 Å². The van der Waals surface area contributed by atoms with Crippen LogP contribution in [-0.2, 0) is 0 Å². The second-order valence-corrected chi connectivity index (χ2v) is 6.91. The molecule has 1 amide bonds. The van der Waals surface area contributed by atoms with Crippen LogP contribution < -0.4 is 19.5 Å². The first kappa shape index (κ1) is 18.1. The van der Waals surface area contributed by atoms with Gasteiger partial charge in [-0.2, -0.15) is 0 Å². The van der Waals surface area contributed by atoms with E-state index in [4.69, 9.17) is 14.2 Å². The van der Waals surface area contributed by atoms with Gasteiger partial charge < -0.3 is 19.5 Å². The molecule has 5 heteroatoms. The molecule has 1 heterocycles. The van der Waals surface area contributed by atoms with E-state index in [1.54, 1.807) is 12.1 Å². The molecule has 2 unspecified atom stereocenters. The van der Waals surface area contributed by atoms with Gasteiger partial charge in [0.2, 0.25) is 0 Å². The second kappa shape index (κ2) is 8.13. The van der Waals surface area contributed by atoms with Crippen LogP contribution in [0.25, 0.3) is 0 Å². The molecule has 138 valence electrons. The Morgan fingerprint density at radius 1 is 1.12 bits per heavy atom. The zero-order valence-corrected chi connectivity index (χ0v) is 15.4. The van der Waals surface area contributed by atoms with E-state index >= 15 is 0 Å². The summed E-state index contributed by atoms with van der Waals surface area (Å²) < 4.78 is 17.3. The topological polar surface area (TPSA) is 56.8 Å². The number of hydrogen-bond acceptors (Lipinski definition) is 4. The minimum absolute atomic E-state index is 0.143. The fourth-order valence-corrected chi connectivity index (χ4v) is 2.63. The van der Waals surface area contributed by atoms with Gasteiger partial charge in [-0.05, 0) is 49.2 Å². The van der Waals surface area contributed by atoms with Gasteiger partial charge in [0, 0.05) is 5.56 Å². The molecule has 0 spiro atoms. The molecule has 26 heavy (non-hydrogen) atoms. The Hall–Kier alpha value is -2.69. The highest BCUT2D eigenvalue weighted by Crippen LogP contribution is 2.31. The van der Waals surface area contributed by atoms with E-state index in [0.29, 0.717) is 30.4 Å². The van der Waals surface area contributed by atoms with Crippen molar-refractivity contribution in [2.75, 3.05) is 13.2 Å². The molecular weight excluding hydrogens is 330 g/mol. The SMILES string of the molecule is CC(C)COc1ccc(C(=O)NC(C)C2COc3ccccc3O2)cc1. The highest BCUT2D eigenvalue weighted by atomic mass is 16.6. The lowest BCUT2D eigenvalue weighted by Crippen LogP contribution is -2.48. The molecule has 0 aromatic heterocycles. The fraction of sp³-hybridized carbons (Fsp3) is 0.381. The summed E-state index contributed by atoms with van der Waals surface area (Å²) in [5.74, 6) is 2.52. The van der Waals surface area contributed by atoms with Gasteiger partial charge in [0.25, 0.3) is 5.91 Å². The number of carbonyl (C=O) groups excluding carboxylic acids is 1. The van der Waals surface area contributed by atoms with Crippen LogP contribution in [0.3, 0.4) is 0 Å².